The second kappa shape index (κ2) is 6.59. The minimum Gasteiger partial charge on any atom is -0.465 e. The van der Waals surface area contributed by atoms with Crippen LogP contribution in [0.1, 0.15) is 26.7 Å². The number of ether oxygens (including phenoxy) is 1. The van der Waals surface area contributed by atoms with Gasteiger partial charge in [-0.2, -0.15) is 0 Å². The second-order valence-electron chi connectivity index (χ2n) is 4.55. The molecule has 1 rings (SSSR count). The van der Waals surface area contributed by atoms with Crippen molar-refractivity contribution in [1.82, 2.24) is 10.2 Å². The van der Waals surface area contributed by atoms with Crippen LogP contribution in [0.15, 0.2) is 0 Å². The Balaban J connectivity index is 2.65. The number of likely N-dealkylation sites (N-methyl/N-ethyl adjacent to an activating group) is 1. The molecule has 1 aliphatic rings. The Kier molecular flexibility index (Phi) is 5.41. The number of carbonyl (C=O) groups excluding carboxylic acids is 2. The van der Waals surface area contributed by atoms with Crippen molar-refractivity contribution in [2.45, 2.75) is 32.7 Å². The van der Waals surface area contributed by atoms with Gasteiger partial charge in [0.25, 0.3) is 0 Å². The summed E-state index contributed by atoms with van der Waals surface area (Å²) in [5.74, 6) is 0.0985. The number of esters is 1. The summed E-state index contributed by atoms with van der Waals surface area (Å²) in [6.07, 6.45) is 1.83. The molecule has 0 aromatic rings. The maximum atomic E-state index is 12.1. The normalized spacial score (nSPS) is 25.6. The van der Waals surface area contributed by atoms with Gasteiger partial charge < -0.3 is 15.0 Å². The standard InChI is InChI=1S/C12H22N2O3/c1-4-17-11(15)8-14-7-9(2)5-6-10(13-3)12(14)16/h9-10,13H,4-8H2,1-3H3. The summed E-state index contributed by atoms with van der Waals surface area (Å²) in [6, 6.07) is -0.172. The number of hydrogen-bond acceptors (Lipinski definition) is 4. The van der Waals surface area contributed by atoms with Crippen molar-refractivity contribution >= 4 is 11.9 Å². The smallest absolute Gasteiger partial charge is 0.325 e. The van der Waals surface area contributed by atoms with Crippen LogP contribution in [0.4, 0.5) is 0 Å². The maximum absolute atomic E-state index is 12.1. The van der Waals surface area contributed by atoms with Crippen LogP contribution in [0.2, 0.25) is 0 Å². The van der Waals surface area contributed by atoms with Gasteiger partial charge in [-0.3, -0.25) is 9.59 Å². The zero-order valence-electron chi connectivity index (χ0n) is 10.9. The summed E-state index contributed by atoms with van der Waals surface area (Å²) in [6.45, 7) is 4.92. The molecule has 17 heavy (non-hydrogen) atoms. The largest absolute Gasteiger partial charge is 0.465 e. The van der Waals surface area contributed by atoms with Gasteiger partial charge in [-0.1, -0.05) is 6.92 Å². The molecule has 0 bridgehead atoms. The second-order valence-corrected chi connectivity index (χ2v) is 4.55. The summed E-state index contributed by atoms with van der Waals surface area (Å²) in [5.41, 5.74) is 0. The Morgan fingerprint density at radius 3 is 2.82 bits per heavy atom. The number of carbonyl (C=O) groups is 2. The molecule has 1 N–H and O–H groups in total. The van der Waals surface area contributed by atoms with Gasteiger partial charge in [-0.05, 0) is 32.7 Å². The Labute approximate surface area is 102 Å². The van der Waals surface area contributed by atoms with Gasteiger partial charge in [0.15, 0.2) is 0 Å². The fourth-order valence-corrected chi connectivity index (χ4v) is 2.13. The lowest BCUT2D eigenvalue weighted by atomic mass is 10.0. The van der Waals surface area contributed by atoms with E-state index in [9.17, 15) is 9.59 Å². The number of likely N-dealkylation sites (tertiary alicyclic amines) is 1. The lowest BCUT2D eigenvalue weighted by molar-refractivity contribution is -0.149. The molecule has 0 aliphatic carbocycles. The molecular weight excluding hydrogens is 220 g/mol. The predicted octanol–water partition coefficient (Wildman–Crippen LogP) is 0.396. The molecule has 1 amide bonds. The molecular formula is C12H22N2O3. The van der Waals surface area contributed by atoms with E-state index in [1.807, 2.05) is 0 Å². The minimum atomic E-state index is -0.329. The first-order valence-corrected chi connectivity index (χ1v) is 6.20. The Hall–Kier alpha value is -1.10. The Morgan fingerprint density at radius 2 is 2.24 bits per heavy atom. The van der Waals surface area contributed by atoms with Gasteiger partial charge in [0, 0.05) is 6.54 Å². The van der Waals surface area contributed by atoms with Crippen LogP contribution >= 0.6 is 0 Å². The monoisotopic (exact) mass is 242 g/mol. The SMILES string of the molecule is CCOC(=O)CN1CC(C)CCC(NC)C1=O. The third-order valence-corrected chi connectivity index (χ3v) is 3.06. The van der Waals surface area contributed by atoms with Gasteiger partial charge in [0.1, 0.15) is 6.54 Å². The molecule has 1 saturated heterocycles. The molecule has 5 heteroatoms. The number of nitrogens with one attached hydrogen (secondary N) is 1. The fourth-order valence-electron chi connectivity index (χ4n) is 2.13. The van der Waals surface area contributed by atoms with Crippen molar-refractivity contribution in [3.8, 4) is 0 Å². The molecule has 0 saturated carbocycles. The van der Waals surface area contributed by atoms with E-state index < -0.39 is 0 Å². The van der Waals surface area contributed by atoms with E-state index in [0.717, 1.165) is 12.8 Å². The molecule has 1 aliphatic heterocycles. The molecule has 5 nitrogen and oxygen atoms in total. The van der Waals surface area contributed by atoms with E-state index in [0.29, 0.717) is 19.1 Å². The summed E-state index contributed by atoms with van der Waals surface area (Å²) in [5, 5.41) is 3.01. The highest BCUT2D eigenvalue weighted by Gasteiger charge is 2.29. The predicted molar refractivity (Wildman–Crippen MR) is 64.5 cm³/mol. The van der Waals surface area contributed by atoms with E-state index in [1.165, 1.54) is 0 Å². The van der Waals surface area contributed by atoms with Gasteiger partial charge in [-0.25, -0.2) is 0 Å². The molecule has 98 valence electrons. The van der Waals surface area contributed by atoms with Crippen LogP contribution in [0.3, 0.4) is 0 Å². The molecule has 2 unspecified atom stereocenters. The highest BCUT2D eigenvalue weighted by atomic mass is 16.5. The molecule has 0 aromatic carbocycles. The van der Waals surface area contributed by atoms with Crippen LogP contribution < -0.4 is 5.32 Å². The van der Waals surface area contributed by atoms with Gasteiger partial charge in [-0.15, -0.1) is 0 Å². The van der Waals surface area contributed by atoms with E-state index in [2.05, 4.69) is 12.2 Å². The average Bonchev–Trinajstić information content (AvgIpc) is 2.40. The van der Waals surface area contributed by atoms with E-state index in [1.54, 1.807) is 18.9 Å². The molecule has 1 fully saturated rings. The number of rotatable bonds is 4. The number of amides is 1. The third kappa shape index (κ3) is 4.00. The molecule has 0 aromatic heterocycles. The maximum Gasteiger partial charge on any atom is 0.325 e. The van der Waals surface area contributed by atoms with Gasteiger partial charge >= 0.3 is 5.97 Å². The van der Waals surface area contributed by atoms with Crippen molar-refractivity contribution in [3.05, 3.63) is 0 Å². The van der Waals surface area contributed by atoms with Crippen molar-refractivity contribution in [1.29, 1.82) is 0 Å². The van der Waals surface area contributed by atoms with E-state index >= 15 is 0 Å². The topological polar surface area (TPSA) is 58.6 Å². The quantitative estimate of drug-likeness (QED) is 0.725. The molecule has 1 heterocycles. The van der Waals surface area contributed by atoms with Gasteiger partial charge in [0.2, 0.25) is 5.91 Å². The first-order chi connectivity index (χ1) is 8.08. The third-order valence-electron chi connectivity index (χ3n) is 3.06. The summed E-state index contributed by atoms with van der Waals surface area (Å²) < 4.78 is 4.88. The van der Waals surface area contributed by atoms with Crippen LogP contribution in [0, 0.1) is 5.92 Å². The lowest BCUT2D eigenvalue weighted by Crippen LogP contribution is -2.46. The molecule has 2 atom stereocenters. The van der Waals surface area contributed by atoms with Gasteiger partial charge in [0.05, 0.1) is 12.6 Å². The fraction of sp³-hybridized carbons (Fsp3) is 0.833. The van der Waals surface area contributed by atoms with Crippen LogP contribution in [0.25, 0.3) is 0 Å². The first-order valence-electron chi connectivity index (χ1n) is 6.20. The van der Waals surface area contributed by atoms with Crippen molar-refractivity contribution in [2.24, 2.45) is 5.92 Å². The zero-order chi connectivity index (χ0) is 12.8. The Bertz CT molecular complexity index is 281. The molecule has 0 radical (unpaired) electrons. The number of nitrogens with zero attached hydrogens (tertiary/aromatic N) is 1. The summed E-state index contributed by atoms with van der Waals surface area (Å²) in [4.78, 5) is 25.2. The van der Waals surface area contributed by atoms with Crippen molar-refractivity contribution in [2.75, 3.05) is 26.7 Å². The van der Waals surface area contributed by atoms with Crippen molar-refractivity contribution in [3.63, 3.8) is 0 Å². The van der Waals surface area contributed by atoms with E-state index in [-0.39, 0.29) is 24.5 Å². The Morgan fingerprint density at radius 1 is 1.53 bits per heavy atom. The first kappa shape index (κ1) is 14.0. The number of hydrogen-bond donors (Lipinski definition) is 1. The highest BCUT2D eigenvalue weighted by molar-refractivity contribution is 5.86. The summed E-state index contributed by atoms with van der Waals surface area (Å²) >= 11 is 0. The summed E-state index contributed by atoms with van der Waals surface area (Å²) in [7, 11) is 1.78. The highest BCUT2D eigenvalue weighted by Crippen LogP contribution is 2.17. The lowest BCUT2D eigenvalue weighted by Gasteiger charge is -2.24. The minimum absolute atomic E-state index is 0.00454. The van der Waals surface area contributed by atoms with E-state index in [4.69, 9.17) is 4.74 Å². The van der Waals surface area contributed by atoms with Crippen LogP contribution in [-0.2, 0) is 14.3 Å². The van der Waals surface area contributed by atoms with Crippen LogP contribution in [-0.4, -0.2) is 49.6 Å². The van der Waals surface area contributed by atoms with Crippen molar-refractivity contribution < 1.29 is 14.3 Å². The zero-order valence-corrected chi connectivity index (χ0v) is 10.9. The molecule has 0 spiro atoms. The average molecular weight is 242 g/mol. The van der Waals surface area contributed by atoms with Crippen LogP contribution in [0.5, 0.6) is 0 Å².